The van der Waals surface area contributed by atoms with Crippen LogP contribution in [0.5, 0.6) is 0 Å². The molecule has 2 fully saturated rings. The number of aliphatic carboxylic acids is 1. The first kappa shape index (κ1) is 23.7. The molecule has 0 unspecified atom stereocenters. The van der Waals surface area contributed by atoms with E-state index < -0.39 is 17.6 Å². The van der Waals surface area contributed by atoms with Gasteiger partial charge in [-0.3, -0.25) is 4.68 Å². The van der Waals surface area contributed by atoms with Gasteiger partial charge in [0.05, 0.1) is 12.3 Å². The molecule has 7 heteroatoms. The molecule has 5 nitrogen and oxygen atoms in total. The second-order valence-corrected chi connectivity index (χ2v) is 9.83. The van der Waals surface area contributed by atoms with E-state index in [2.05, 4.69) is 4.68 Å². The number of benzene rings is 2. The lowest BCUT2D eigenvalue weighted by atomic mass is 9.82. The van der Waals surface area contributed by atoms with Crippen molar-refractivity contribution in [1.29, 1.82) is 0 Å². The van der Waals surface area contributed by atoms with Crippen LogP contribution in [0.4, 0.5) is 8.78 Å². The highest BCUT2D eigenvalue weighted by Gasteiger charge is 2.35. The average Bonchev–Trinajstić information content (AvgIpc) is 3.63. The van der Waals surface area contributed by atoms with Crippen molar-refractivity contribution in [3.8, 4) is 22.4 Å². The molecular weight excluding hydrogens is 450 g/mol. The number of carboxylic acid groups (broad SMARTS) is 1. The summed E-state index contributed by atoms with van der Waals surface area (Å²) in [6.07, 6.45) is 6.04. The number of rotatable bonds is 9. The zero-order valence-electron chi connectivity index (χ0n) is 19.6. The molecule has 3 aromatic rings. The number of hydrogen-bond acceptors (Lipinski definition) is 3. The third-order valence-corrected chi connectivity index (χ3v) is 7.20. The van der Waals surface area contributed by atoms with Crippen molar-refractivity contribution in [3.63, 3.8) is 0 Å². The maximum absolute atomic E-state index is 15.0. The van der Waals surface area contributed by atoms with Crippen LogP contribution in [0.15, 0.2) is 48.5 Å². The predicted octanol–water partition coefficient (Wildman–Crippen LogP) is 6.28. The minimum atomic E-state index is -0.940. The highest BCUT2D eigenvalue weighted by Crippen LogP contribution is 2.48. The second kappa shape index (κ2) is 10.3. The molecule has 5 rings (SSSR count). The van der Waals surface area contributed by atoms with Gasteiger partial charge < -0.3 is 9.84 Å². The molecule has 0 saturated heterocycles. The lowest BCUT2D eigenvalue weighted by Gasteiger charge is -2.28. The molecule has 0 amide bonds. The first-order valence-electron chi connectivity index (χ1n) is 12.4. The minimum absolute atomic E-state index is 0.250. The van der Waals surface area contributed by atoms with Gasteiger partial charge in [0.2, 0.25) is 0 Å². The van der Waals surface area contributed by atoms with Crippen molar-refractivity contribution in [1.82, 2.24) is 9.78 Å². The summed E-state index contributed by atoms with van der Waals surface area (Å²) >= 11 is 0. The average molecular weight is 481 g/mol. The number of nitrogens with zero attached hydrogens (tertiary/aromatic N) is 2. The summed E-state index contributed by atoms with van der Waals surface area (Å²) in [5.41, 5.74) is 3.60. The topological polar surface area (TPSA) is 64.3 Å². The molecule has 1 heterocycles. The van der Waals surface area contributed by atoms with Crippen LogP contribution in [-0.2, 0) is 16.1 Å². The number of halogens is 2. The monoisotopic (exact) mass is 480 g/mol. The summed E-state index contributed by atoms with van der Waals surface area (Å²) in [5, 5.41) is 13.8. The van der Waals surface area contributed by atoms with Crippen LogP contribution in [0, 0.1) is 23.5 Å². The SMILES string of the molecule is O=C(O)COC[C@H]1CC[C@@H](Cn2nc(-c3ccccc3)c(-c3cccc(F)c3F)c2C2CC2)CC1. The van der Waals surface area contributed by atoms with E-state index in [-0.39, 0.29) is 12.2 Å². The Kier molecular flexibility index (Phi) is 6.95. The summed E-state index contributed by atoms with van der Waals surface area (Å²) in [4.78, 5) is 10.7. The second-order valence-electron chi connectivity index (χ2n) is 9.83. The fourth-order valence-electron chi connectivity index (χ4n) is 5.28. The Hall–Kier alpha value is -3.06. The molecule has 0 aliphatic heterocycles. The standard InChI is InChI=1S/C28H30F2N2O3/c29-23-8-4-7-22(26(23)30)25-27(20-5-2-1-3-6-20)31-32(28(25)21-13-14-21)15-18-9-11-19(12-10-18)16-35-17-24(33)34/h1-8,18-19,21H,9-17H2,(H,33,34)/t18-,19+. The summed E-state index contributed by atoms with van der Waals surface area (Å²) in [7, 11) is 0. The van der Waals surface area contributed by atoms with E-state index in [0.717, 1.165) is 62.4 Å². The summed E-state index contributed by atoms with van der Waals surface area (Å²) in [6, 6.07) is 14.1. The zero-order valence-corrected chi connectivity index (χ0v) is 19.6. The first-order chi connectivity index (χ1) is 17.0. The van der Waals surface area contributed by atoms with Crippen LogP contribution < -0.4 is 0 Å². The van der Waals surface area contributed by atoms with Gasteiger partial charge in [-0.25, -0.2) is 13.6 Å². The van der Waals surface area contributed by atoms with E-state index in [0.29, 0.717) is 35.6 Å². The molecule has 1 aromatic heterocycles. The van der Waals surface area contributed by atoms with Crippen LogP contribution in [0.3, 0.4) is 0 Å². The van der Waals surface area contributed by atoms with Crippen molar-refractivity contribution in [2.24, 2.45) is 11.8 Å². The van der Waals surface area contributed by atoms with Crippen molar-refractivity contribution < 1.29 is 23.4 Å². The fourth-order valence-corrected chi connectivity index (χ4v) is 5.28. The van der Waals surface area contributed by atoms with Gasteiger partial charge in [0.15, 0.2) is 11.6 Å². The molecule has 0 spiro atoms. The van der Waals surface area contributed by atoms with Gasteiger partial charge >= 0.3 is 5.97 Å². The van der Waals surface area contributed by atoms with E-state index in [1.807, 2.05) is 30.3 Å². The Morgan fingerprint density at radius 2 is 1.69 bits per heavy atom. The molecular formula is C28H30F2N2O3. The molecule has 2 aromatic carbocycles. The van der Waals surface area contributed by atoms with Gasteiger partial charge in [0.25, 0.3) is 0 Å². The Bertz CT molecular complexity index is 1180. The van der Waals surface area contributed by atoms with E-state index >= 15 is 4.39 Å². The molecule has 2 aliphatic carbocycles. The lowest BCUT2D eigenvalue weighted by molar-refractivity contribution is -0.142. The first-order valence-corrected chi connectivity index (χ1v) is 12.4. The van der Waals surface area contributed by atoms with E-state index in [1.165, 1.54) is 0 Å². The van der Waals surface area contributed by atoms with Gasteiger partial charge in [0, 0.05) is 29.2 Å². The minimum Gasteiger partial charge on any atom is -0.480 e. The molecule has 35 heavy (non-hydrogen) atoms. The Morgan fingerprint density at radius 3 is 2.37 bits per heavy atom. The van der Waals surface area contributed by atoms with Crippen LogP contribution in [0.2, 0.25) is 0 Å². The Balaban J connectivity index is 1.44. The smallest absolute Gasteiger partial charge is 0.329 e. The van der Waals surface area contributed by atoms with E-state index in [4.69, 9.17) is 14.9 Å². The number of aromatic nitrogens is 2. The predicted molar refractivity (Wildman–Crippen MR) is 129 cm³/mol. The molecule has 2 saturated carbocycles. The maximum Gasteiger partial charge on any atom is 0.329 e. The quantitative estimate of drug-likeness (QED) is 0.391. The lowest BCUT2D eigenvalue weighted by Crippen LogP contribution is -2.23. The third-order valence-electron chi connectivity index (χ3n) is 7.20. The molecule has 0 atom stereocenters. The molecule has 184 valence electrons. The van der Waals surface area contributed by atoms with Gasteiger partial charge in [-0.05, 0) is 56.4 Å². The number of carbonyl (C=O) groups is 1. The molecule has 0 radical (unpaired) electrons. The number of hydrogen-bond donors (Lipinski definition) is 1. The van der Waals surface area contributed by atoms with Crippen LogP contribution in [-0.4, -0.2) is 34.1 Å². The fraction of sp³-hybridized carbons (Fsp3) is 0.429. The highest BCUT2D eigenvalue weighted by atomic mass is 19.2. The van der Waals surface area contributed by atoms with Crippen LogP contribution in [0.1, 0.15) is 50.1 Å². The van der Waals surface area contributed by atoms with Crippen LogP contribution in [0.25, 0.3) is 22.4 Å². The summed E-state index contributed by atoms with van der Waals surface area (Å²) < 4.78 is 36.7. The number of carboxylic acids is 1. The Labute approximate surface area is 203 Å². The van der Waals surface area contributed by atoms with Crippen molar-refractivity contribution in [2.75, 3.05) is 13.2 Å². The van der Waals surface area contributed by atoms with E-state index in [9.17, 15) is 9.18 Å². The zero-order chi connectivity index (χ0) is 24.4. The van der Waals surface area contributed by atoms with Gasteiger partial charge in [-0.1, -0.05) is 42.5 Å². The van der Waals surface area contributed by atoms with Crippen molar-refractivity contribution >= 4 is 5.97 Å². The highest BCUT2D eigenvalue weighted by molar-refractivity contribution is 5.83. The maximum atomic E-state index is 15.0. The van der Waals surface area contributed by atoms with Crippen molar-refractivity contribution in [2.45, 2.75) is 51.0 Å². The normalized spacial score (nSPS) is 20.2. The summed E-state index contributed by atoms with van der Waals surface area (Å²) in [6.45, 7) is 0.972. The van der Waals surface area contributed by atoms with Gasteiger partial charge in [-0.15, -0.1) is 0 Å². The molecule has 2 aliphatic rings. The molecule has 1 N–H and O–H groups in total. The van der Waals surface area contributed by atoms with E-state index in [1.54, 1.807) is 12.1 Å². The van der Waals surface area contributed by atoms with Crippen LogP contribution >= 0.6 is 0 Å². The van der Waals surface area contributed by atoms with Gasteiger partial charge in [-0.2, -0.15) is 5.10 Å². The molecule has 0 bridgehead atoms. The third kappa shape index (κ3) is 5.30. The van der Waals surface area contributed by atoms with Crippen molar-refractivity contribution in [3.05, 3.63) is 65.9 Å². The largest absolute Gasteiger partial charge is 0.480 e. The van der Waals surface area contributed by atoms with Gasteiger partial charge in [0.1, 0.15) is 12.3 Å². The number of ether oxygens (including phenoxy) is 1. The Morgan fingerprint density at radius 1 is 0.971 bits per heavy atom. The summed E-state index contributed by atoms with van der Waals surface area (Å²) in [5.74, 6) is -1.50.